The Morgan fingerprint density at radius 2 is 1.87 bits per heavy atom. The van der Waals surface area contributed by atoms with E-state index in [9.17, 15) is 9.59 Å². The van der Waals surface area contributed by atoms with Gasteiger partial charge in [-0.05, 0) is 50.5 Å². The van der Waals surface area contributed by atoms with E-state index in [4.69, 9.17) is 10.5 Å². The molecule has 1 aromatic carbocycles. The Bertz CT molecular complexity index is 526. The molecule has 5 nitrogen and oxygen atoms in total. The van der Waals surface area contributed by atoms with Gasteiger partial charge >= 0.3 is 0 Å². The molecule has 0 aromatic heterocycles. The quantitative estimate of drug-likeness (QED) is 0.541. The molecule has 3 N–H and O–H groups in total. The van der Waals surface area contributed by atoms with Crippen LogP contribution in [0, 0.1) is 5.92 Å². The van der Waals surface area contributed by atoms with Crippen LogP contribution in [0.15, 0.2) is 24.3 Å². The zero-order valence-corrected chi connectivity index (χ0v) is 14.5. The third-order valence-corrected chi connectivity index (χ3v) is 4.20. The fourth-order valence-electron chi connectivity index (χ4n) is 2.02. The molecule has 1 rings (SSSR count). The molecule has 1 aromatic rings. The zero-order valence-electron chi connectivity index (χ0n) is 14.5. The Labute approximate surface area is 138 Å². The monoisotopic (exact) mass is 320 g/mol. The van der Waals surface area contributed by atoms with Crippen molar-refractivity contribution in [1.82, 2.24) is 5.32 Å². The second-order valence-corrected chi connectivity index (χ2v) is 6.36. The minimum Gasteiger partial charge on any atom is -0.494 e. The molecule has 0 aliphatic carbocycles. The van der Waals surface area contributed by atoms with Crippen molar-refractivity contribution in [3.8, 4) is 5.75 Å². The molecule has 0 saturated carbocycles. The van der Waals surface area contributed by atoms with E-state index in [0.717, 1.165) is 0 Å². The second-order valence-electron chi connectivity index (χ2n) is 6.36. The van der Waals surface area contributed by atoms with Crippen LogP contribution < -0.4 is 15.8 Å². The normalized spacial score (nSPS) is 13.5. The van der Waals surface area contributed by atoms with Crippen LogP contribution in [0.5, 0.6) is 5.75 Å². The van der Waals surface area contributed by atoms with Crippen molar-refractivity contribution in [3.63, 3.8) is 0 Å². The molecule has 0 aliphatic rings. The topological polar surface area (TPSA) is 81.4 Å². The zero-order chi connectivity index (χ0) is 17.5. The van der Waals surface area contributed by atoms with Crippen molar-refractivity contribution in [2.45, 2.75) is 46.1 Å². The van der Waals surface area contributed by atoms with Gasteiger partial charge in [0.25, 0.3) is 0 Å². The molecule has 1 amide bonds. The highest BCUT2D eigenvalue weighted by molar-refractivity contribution is 5.94. The van der Waals surface area contributed by atoms with Gasteiger partial charge in [0.15, 0.2) is 5.78 Å². The van der Waals surface area contributed by atoms with Crippen molar-refractivity contribution in [3.05, 3.63) is 29.8 Å². The number of carbonyl (C=O) groups excluding carboxylic acids is 2. The lowest BCUT2D eigenvalue weighted by molar-refractivity contribution is -0.123. The predicted molar refractivity (Wildman–Crippen MR) is 91.6 cm³/mol. The molecule has 23 heavy (non-hydrogen) atoms. The van der Waals surface area contributed by atoms with E-state index >= 15 is 0 Å². The van der Waals surface area contributed by atoms with E-state index in [1.54, 1.807) is 24.3 Å². The lowest BCUT2D eigenvalue weighted by Gasteiger charge is -2.33. The van der Waals surface area contributed by atoms with Crippen molar-refractivity contribution in [2.75, 3.05) is 13.2 Å². The number of benzene rings is 1. The molecule has 0 heterocycles. The number of hydrogen-bond donors (Lipinski definition) is 2. The summed E-state index contributed by atoms with van der Waals surface area (Å²) in [6.45, 7) is 8.44. The molecular weight excluding hydrogens is 292 g/mol. The van der Waals surface area contributed by atoms with Gasteiger partial charge in [0.2, 0.25) is 5.91 Å². The third kappa shape index (κ3) is 6.02. The first kappa shape index (κ1) is 19.2. The van der Waals surface area contributed by atoms with Gasteiger partial charge in [-0.1, -0.05) is 13.8 Å². The molecule has 0 radical (unpaired) electrons. The Balaban J connectivity index is 2.34. The van der Waals surface area contributed by atoms with E-state index in [2.05, 4.69) is 5.32 Å². The third-order valence-electron chi connectivity index (χ3n) is 4.20. The summed E-state index contributed by atoms with van der Waals surface area (Å²) in [5.41, 5.74) is 6.04. The number of ketones is 1. The van der Waals surface area contributed by atoms with E-state index < -0.39 is 0 Å². The van der Waals surface area contributed by atoms with Crippen LogP contribution in [-0.2, 0) is 4.79 Å². The molecule has 1 unspecified atom stereocenters. The summed E-state index contributed by atoms with van der Waals surface area (Å²) in [5, 5.41) is 3.00. The van der Waals surface area contributed by atoms with Gasteiger partial charge in [0, 0.05) is 18.5 Å². The summed E-state index contributed by atoms with van der Waals surface area (Å²) in [4.78, 5) is 23.2. The highest BCUT2D eigenvalue weighted by atomic mass is 16.5. The number of rotatable bonds is 9. The lowest BCUT2D eigenvalue weighted by Crippen LogP contribution is -2.55. The summed E-state index contributed by atoms with van der Waals surface area (Å²) in [7, 11) is 0. The molecule has 0 saturated heterocycles. The molecule has 0 bridgehead atoms. The molecule has 128 valence electrons. The first-order valence-corrected chi connectivity index (χ1v) is 8.03. The predicted octanol–water partition coefficient (Wildman–Crippen LogP) is 2.54. The van der Waals surface area contributed by atoms with Crippen molar-refractivity contribution in [1.29, 1.82) is 0 Å². The van der Waals surface area contributed by atoms with E-state index in [0.29, 0.717) is 37.3 Å². The minimum atomic E-state index is -0.375. The van der Waals surface area contributed by atoms with Crippen molar-refractivity contribution in [2.24, 2.45) is 11.7 Å². The number of hydrogen-bond acceptors (Lipinski definition) is 4. The number of nitrogens with one attached hydrogen (secondary N) is 1. The minimum absolute atomic E-state index is 0.0119. The maximum Gasteiger partial charge on any atom is 0.220 e. The smallest absolute Gasteiger partial charge is 0.220 e. The van der Waals surface area contributed by atoms with Gasteiger partial charge in [-0.3, -0.25) is 9.59 Å². The average molecular weight is 320 g/mol. The van der Waals surface area contributed by atoms with E-state index in [1.165, 1.54) is 6.92 Å². The van der Waals surface area contributed by atoms with Crippen LogP contribution >= 0.6 is 0 Å². The highest BCUT2D eigenvalue weighted by Gasteiger charge is 2.28. The summed E-state index contributed by atoms with van der Waals surface area (Å²) in [5.74, 6) is 0.986. The van der Waals surface area contributed by atoms with Crippen LogP contribution in [0.2, 0.25) is 0 Å². The summed E-state index contributed by atoms with van der Waals surface area (Å²) >= 11 is 0. The Kier molecular flexibility index (Phi) is 7.23. The van der Waals surface area contributed by atoms with Crippen LogP contribution in [0.1, 0.15) is 50.9 Å². The van der Waals surface area contributed by atoms with E-state index in [-0.39, 0.29) is 23.1 Å². The summed E-state index contributed by atoms with van der Waals surface area (Å²) in [6, 6.07) is 7.00. The van der Waals surface area contributed by atoms with Gasteiger partial charge in [0.1, 0.15) is 5.75 Å². The van der Waals surface area contributed by atoms with Crippen LogP contribution in [-0.4, -0.2) is 30.4 Å². The Hall–Kier alpha value is -1.88. The van der Waals surface area contributed by atoms with Crippen LogP contribution in [0.3, 0.4) is 0 Å². The van der Waals surface area contributed by atoms with Crippen LogP contribution in [0.4, 0.5) is 0 Å². The molecule has 5 heteroatoms. The number of carbonyl (C=O) groups is 2. The number of amides is 1. The average Bonchev–Trinajstić information content (AvgIpc) is 2.51. The molecule has 1 atom stereocenters. The first-order valence-electron chi connectivity index (χ1n) is 8.03. The number of nitrogens with two attached hydrogens (primary N) is 1. The van der Waals surface area contributed by atoms with Gasteiger partial charge in [-0.15, -0.1) is 0 Å². The molecule has 0 spiro atoms. The van der Waals surface area contributed by atoms with Crippen molar-refractivity contribution >= 4 is 11.7 Å². The maximum atomic E-state index is 12.0. The van der Waals surface area contributed by atoms with Crippen LogP contribution in [0.25, 0.3) is 0 Å². The largest absolute Gasteiger partial charge is 0.494 e. The van der Waals surface area contributed by atoms with Gasteiger partial charge < -0.3 is 15.8 Å². The molecule has 0 aliphatic heterocycles. The van der Waals surface area contributed by atoms with Gasteiger partial charge in [0.05, 0.1) is 12.1 Å². The lowest BCUT2D eigenvalue weighted by atomic mass is 9.88. The summed E-state index contributed by atoms with van der Waals surface area (Å²) in [6.07, 6.45) is 1.02. The maximum absolute atomic E-state index is 12.0. The first-order chi connectivity index (χ1) is 10.8. The Morgan fingerprint density at radius 1 is 1.26 bits per heavy atom. The molecule has 0 fully saturated rings. The highest BCUT2D eigenvalue weighted by Crippen LogP contribution is 2.15. The number of Topliss-reactive ketones (excluding diaryl/α,β-unsaturated/α-hetero) is 1. The SMILES string of the molecule is CC(=O)c1ccc(OCCCC(=O)NC(C)(CN)C(C)C)cc1. The number of ether oxygens (including phenoxy) is 1. The second kappa shape index (κ2) is 8.67. The fourth-order valence-corrected chi connectivity index (χ4v) is 2.02. The fraction of sp³-hybridized carbons (Fsp3) is 0.556. The standard InChI is InChI=1S/C18H28N2O3/c1-13(2)18(4,12-19)20-17(22)6-5-11-23-16-9-7-15(8-10-16)14(3)21/h7-10,13H,5-6,11-12,19H2,1-4H3,(H,20,22). The Morgan fingerprint density at radius 3 is 2.35 bits per heavy atom. The summed E-state index contributed by atoms with van der Waals surface area (Å²) < 4.78 is 5.58. The van der Waals surface area contributed by atoms with E-state index in [1.807, 2.05) is 20.8 Å². The van der Waals surface area contributed by atoms with Gasteiger partial charge in [-0.25, -0.2) is 0 Å². The molecular formula is C18H28N2O3. The van der Waals surface area contributed by atoms with Gasteiger partial charge in [-0.2, -0.15) is 0 Å². The van der Waals surface area contributed by atoms with Crippen molar-refractivity contribution < 1.29 is 14.3 Å².